The summed E-state index contributed by atoms with van der Waals surface area (Å²) in [5, 5.41) is 0. The van der Waals surface area contributed by atoms with E-state index in [1.807, 2.05) is 0 Å². The summed E-state index contributed by atoms with van der Waals surface area (Å²) >= 11 is 0. The molecule has 0 unspecified atom stereocenters. The summed E-state index contributed by atoms with van der Waals surface area (Å²) in [6.07, 6.45) is 1.95. The number of ether oxygens (including phenoxy) is 2. The molecule has 1 fully saturated rings. The number of nitrogens with zero attached hydrogens (tertiary/aromatic N) is 1. The number of esters is 2. The highest BCUT2D eigenvalue weighted by Crippen LogP contribution is 2.27. The summed E-state index contributed by atoms with van der Waals surface area (Å²) in [6, 6.07) is 15.2. The Morgan fingerprint density at radius 1 is 1.00 bits per heavy atom. The summed E-state index contributed by atoms with van der Waals surface area (Å²) < 4.78 is 10.6. The molecule has 3 rings (SSSR count). The van der Waals surface area contributed by atoms with E-state index in [1.165, 1.54) is 11.8 Å². The third-order valence-electron chi connectivity index (χ3n) is 5.57. The highest BCUT2D eigenvalue weighted by atomic mass is 16.5. The van der Waals surface area contributed by atoms with E-state index in [2.05, 4.69) is 6.92 Å². The van der Waals surface area contributed by atoms with E-state index in [9.17, 15) is 19.2 Å². The molecule has 1 saturated heterocycles. The van der Waals surface area contributed by atoms with Crippen molar-refractivity contribution in [3.05, 3.63) is 65.7 Å². The lowest BCUT2D eigenvalue weighted by atomic mass is 10.1. The molecule has 1 heterocycles. The van der Waals surface area contributed by atoms with Gasteiger partial charge in [-0.3, -0.25) is 14.4 Å². The van der Waals surface area contributed by atoms with Crippen LogP contribution in [0.25, 0.3) is 0 Å². The Hall–Kier alpha value is -3.48. The molecule has 33 heavy (non-hydrogen) atoms. The van der Waals surface area contributed by atoms with Crippen LogP contribution in [0.2, 0.25) is 0 Å². The van der Waals surface area contributed by atoms with Crippen LogP contribution in [0.3, 0.4) is 0 Å². The number of amides is 1. The van der Waals surface area contributed by atoms with Crippen molar-refractivity contribution in [3.63, 3.8) is 0 Å². The maximum Gasteiger partial charge on any atom is 0.338 e. The monoisotopic (exact) mass is 451 g/mol. The minimum Gasteiger partial charge on any atom is -0.462 e. The second-order valence-electron chi connectivity index (χ2n) is 8.10. The van der Waals surface area contributed by atoms with Gasteiger partial charge in [0.2, 0.25) is 11.7 Å². The lowest BCUT2D eigenvalue weighted by Crippen LogP contribution is -2.30. The average Bonchev–Trinajstić information content (AvgIpc) is 3.23. The van der Waals surface area contributed by atoms with Gasteiger partial charge in [-0.25, -0.2) is 4.79 Å². The fourth-order valence-corrected chi connectivity index (χ4v) is 3.65. The predicted octanol–water partition coefficient (Wildman–Crippen LogP) is 4.20. The van der Waals surface area contributed by atoms with E-state index in [0.717, 1.165) is 19.3 Å². The van der Waals surface area contributed by atoms with Crippen LogP contribution in [-0.2, 0) is 19.1 Å². The molecule has 0 saturated carbocycles. The second kappa shape index (κ2) is 11.4. The maximum atomic E-state index is 12.6. The Morgan fingerprint density at radius 3 is 2.36 bits per heavy atom. The topological polar surface area (TPSA) is 90.0 Å². The summed E-state index contributed by atoms with van der Waals surface area (Å²) in [6.45, 7) is 4.15. The molecule has 1 aliphatic rings. The zero-order valence-electron chi connectivity index (χ0n) is 19.0. The Labute approximate surface area is 193 Å². The molecule has 7 heteroatoms. The van der Waals surface area contributed by atoms with Gasteiger partial charge in [0.05, 0.1) is 18.1 Å². The van der Waals surface area contributed by atoms with E-state index in [-0.39, 0.29) is 24.7 Å². The van der Waals surface area contributed by atoms with E-state index < -0.39 is 24.0 Å². The van der Waals surface area contributed by atoms with Crippen LogP contribution >= 0.6 is 0 Å². The van der Waals surface area contributed by atoms with Crippen molar-refractivity contribution in [1.82, 2.24) is 0 Å². The van der Waals surface area contributed by atoms with Crippen LogP contribution in [0.1, 0.15) is 60.2 Å². The number of anilines is 1. The van der Waals surface area contributed by atoms with E-state index in [4.69, 9.17) is 9.47 Å². The fourth-order valence-electron chi connectivity index (χ4n) is 3.65. The van der Waals surface area contributed by atoms with Crippen molar-refractivity contribution in [3.8, 4) is 0 Å². The minimum atomic E-state index is -0.938. The van der Waals surface area contributed by atoms with Crippen LogP contribution in [0.5, 0.6) is 0 Å². The van der Waals surface area contributed by atoms with Gasteiger partial charge in [-0.05, 0) is 37.6 Å². The van der Waals surface area contributed by atoms with Gasteiger partial charge >= 0.3 is 11.9 Å². The van der Waals surface area contributed by atoms with Gasteiger partial charge in [0.1, 0.15) is 0 Å². The van der Waals surface area contributed by atoms with Gasteiger partial charge in [-0.2, -0.15) is 0 Å². The molecule has 2 aromatic carbocycles. The highest BCUT2D eigenvalue weighted by molar-refractivity contribution is 6.02. The van der Waals surface area contributed by atoms with Crippen molar-refractivity contribution < 1.29 is 28.7 Å². The Bertz CT molecular complexity index is 986. The van der Waals surface area contributed by atoms with Gasteiger partial charge in [-0.1, -0.05) is 50.1 Å². The minimum absolute atomic E-state index is 0.00625. The van der Waals surface area contributed by atoms with E-state index in [1.54, 1.807) is 54.6 Å². The van der Waals surface area contributed by atoms with Gasteiger partial charge < -0.3 is 14.4 Å². The predicted molar refractivity (Wildman–Crippen MR) is 123 cm³/mol. The highest BCUT2D eigenvalue weighted by Gasteiger charge is 2.37. The first-order chi connectivity index (χ1) is 15.9. The molecule has 0 aromatic heterocycles. The van der Waals surface area contributed by atoms with E-state index in [0.29, 0.717) is 23.4 Å². The SMILES string of the molecule is CCCCCOC(=O)c1ccc(N2C[C@@H](C(=O)O[C@@H](C)C(=O)c3ccccc3)CC2=O)cc1. The maximum absolute atomic E-state index is 12.6. The lowest BCUT2D eigenvalue weighted by molar-refractivity contribution is -0.151. The molecule has 1 amide bonds. The zero-order valence-corrected chi connectivity index (χ0v) is 19.0. The van der Waals surface area contributed by atoms with Gasteiger partial charge in [-0.15, -0.1) is 0 Å². The first kappa shape index (κ1) is 24.2. The van der Waals surface area contributed by atoms with E-state index >= 15 is 0 Å². The lowest BCUT2D eigenvalue weighted by Gasteiger charge is -2.18. The van der Waals surface area contributed by atoms with Gasteiger partial charge in [0.25, 0.3) is 0 Å². The van der Waals surface area contributed by atoms with Crippen LogP contribution in [0.15, 0.2) is 54.6 Å². The van der Waals surface area contributed by atoms with Crippen LogP contribution in [-0.4, -0.2) is 42.9 Å². The third-order valence-corrected chi connectivity index (χ3v) is 5.57. The van der Waals surface area contributed by atoms with Crippen molar-refractivity contribution >= 4 is 29.3 Å². The zero-order chi connectivity index (χ0) is 23.8. The summed E-state index contributed by atoms with van der Waals surface area (Å²) in [4.78, 5) is 51.1. The summed E-state index contributed by atoms with van der Waals surface area (Å²) in [7, 11) is 0. The molecule has 0 aliphatic carbocycles. The van der Waals surface area contributed by atoms with Crippen molar-refractivity contribution in [1.29, 1.82) is 0 Å². The number of rotatable bonds is 10. The molecule has 0 spiro atoms. The standard InChI is InChI=1S/C26H29NO6/c1-3-4-8-15-32-25(30)20-11-13-22(14-12-20)27-17-21(16-23(27)28)26(31)33-18(2)24(29)19-9-6-5-7-10-19/h5-7,9-14,18,21H,3-4,8,15-17H2,1-2H3/t18-,21-/m0/s1. The first-order valence-electron chi connectivity index (χ1n) is 11.3. The molecule has 2 aromatic rings. The number of hydrogen-bond donors (Lipinski definition) is 0. The first-order valence-corrected chi connectivity index (χ1v) is 11.3. The smallest absolute Gasteiger partial charge is 0.338 e. The molecular formula is C26H29NO6. The number of benzene rings is 2. The van der Waals surface area contributed by atoms with Gasteiger partial charge in [0.15, 0.2) is 6.10 Å². The Morgan fingerprint density at radius 2 is 1.70 bits per heavy atom. The second-order valence-corrected chi connectivity index (χ2v) is 8.10. The number of hydrogen-bond acceptors (Lipinski definition) is 6. The quantitative estimate of drug-likeness (QED) is 0.306. The van der Waals surface area contributed by atoms with Crippen molar-refractivity contribution in [2.75, 3.05) is 18.1 Å². The van der Waals surface area contributed by atoms with Crippen LogP contribution < -0.4 is 4.90 Å². The molecular weight excluding hydrogens is 422 g/mol. The molecule has 174 valence electrons. The average molecular weight is 452 g/mol. The Balaban J connectivity index is 1.55. The number of carbonyl (C=O) groups excluding carboxylic acids is 4. The molecule has 0 N–H and O–H groups in total. The normalized spacial score (nSPS) is 16.4. The molecule has 2 atom stereocenters. The number of carbonyl (C=O) groups is 4. The molecule has 0 radical (unpaired) electrons. The number of ketones is 1. The molecule has 0 bridgehead atoms. The largest absolute Gasteiger partial charge is 0.462 e. The van der Waals surface area contributed by atoms with Crippen LogP contribution in [0, 0.1) is 5.92 Å². The number of unbranched alkanes of at least 4 members (excludes halogenated alkanes) is 2. The molecule has 7 nitrogen and oxygen atoms in total. The summed E-state index contributed by atoms with van der Waals surface area (Å²) in [5.41, 5.74) is 1.46. The Kier molecular flexibility index (Phi) is 8.35. The number of Topliss-reactive ketones (excluding diaryl/α,β-unsaturated/α-hetero) is 1. The fraction of sp³-hybridized carbons (Fsp3) is 0.385. The van der Waals surface area contributed by atoms with Crippen molar-refractivity contribution in [2.24, 2.45) is 5.92 Å². The van der Waals surface area contributed by atoms with Crippen molar-refractivity contribution in [2.45, 2.75) is 45.6 Å². The summed E-state index contributed by atoms with van der Waals surface area (Å²) in [5.74, 6) is -2.14. The van der Waals surface area contributed by atoms with Crippen LogP contribution in [0.4, 0.5) is 5.69 Å². The van der Waals surface area contributed by atoms with Gasteiger partial charge in [0, 0.05) is 24.2 Å². The molecule has 1 aliphatic heterocycles. The third kappa shape index (κ3) is 6.28.